The van der Waals surface area contributed by atoms with E-state index in [0.29, 0.717) is 5.92 Å². The molecule has 2 unspecified atom stereocenters. The summed E-state index contributed by atoms with van der Waals surface area (Å²) in [6, 6.07) is 11.2. The van der Waals surface area contributed by atoms with E-state index in [9.17, 15) is 4.79 Å². The van der Waals surface area contributed by atoms with Crippen LogP contribution in [0.25, 0.3) is 0 Å². The summed E-state index contributed by atoms with van der Waals surface area (Å²) in [4.78, 5) is 19.8. The van der Waals surface area contributed by atoms with Crippen LogP contribution in [0.2, 0.25) is 0 Å². The first-order valence-electron chi connectivity index (χ1n) is 11.1. The lowest BCUT2D eigenvalue weighted by Gasteiger charge is -2.55. The topological polar surface area (TPSA) is 35.6 Å². The highest BCUT2D eigenvalue weighted by Crippen LogP contribution is 2.43. The SMILES string of the molecule is O=C(N[C@H]1C2CN3CCN(C2)CC1(c1ccccc1)C3)c1scc2c1CCCC2. The fraction of sp³-hybridized carbons (Fsp3) is 0.542. The molecule has 7 rings (SSSR count). The van der Waals surface area contributed by atoms with Crippen molar-refractivity contribution < 1.29 is 4.79 Å². The summed E-state index contributed by atoms with van der Waals surface area (Å²) in [7, 11) is 0. The van der Waals surface area contributed by atoms with E-state index in [1.165, 1.54) is 29.5 Å². The summed E-state index contributed by atoms with van der Waals surface area (Å²) in [5.41, 5.74) is 4.13. The highest BCUT2D eigenvalue weighted by Gasteiger charge is 2.55. The van der Waals surface area contributed by atoms with Crippen LogP contribution in [0, 0.1) is 5.92 Å². The minimum absolute atomic E-state index is 0.00803. The molecular weight excluding hydrogens is 378 g/mol. The van der Waals surface area contributed by atoms with Gasteiger partial charge in [-0.1, -0.05) is 30.3 Å². The zero-order valence-electron chi connectivity index (χ0n) is 16.9. The number of piperidine rings is 2. The van der Waals surface area contributed by atoms with E-state index >= 15 is 0 Å². The molecule has 4 saturated heterocycles. The Morgan fingerprint density at radius 3 is 2.52 bits per heavy atom. The molecule has 4 nitrogen and oxygen atoms in total. The Balaban J connectivity index is 1.37. The average Bonchev–Trinajstić information content (AvgIpc) is 3.02. The van der Waals surface area contributed by atoms with Crippen molar-refractivity contribution in [3.05, 3.63) is 57.3 Å². The molecule has 2 aromatic rings. The second kappa shape index (κ2) is 6.93. The van der Waals surface area contributed by atoms with Crippen molar-refractivity contribution in [3.8, 4) is 0 Å². The van der Waals surface area contributed by atoms with Gasteiger partial charge in [-0.3, -0.25) is 4.79 Å². The number of carbonyl (C=O) groups is 1. The van der Waals surface area contributed by atoms with Gasteiger partial charge in [-0.25, -0.2) is 0 Å². The number of carbonyl (C=O) groups excluding carboxylic acids is 1. The molecule has 1 aliphatic carbocycles. The van der Waals surface area contributed by atoms with Gasteiger partial charge in [0.05, 0.1) is 4.88 Å². The smallest absolute Gasteiger partial charge is 0.261 e. The molecular formula is C24H29N3OS. The molecule has 1 aromatic carbocycles. The summed E-state index contributed by atoms with van der Waals surface area (Å²) in [5.74, 6) is 0.676. The van der Waals surface area contributed by atoms with Gasteiger partial charge in [0.25, 0.3) is 5.91 Å². The normalized spacial score (nSPS) is 35.2. The molecule has 5 heterocycles. The molecule has 0 spiro atoms. The van der Waals surface area contributed by atoms with Crippen molar-refractivity contribution >= 4 is 17.2 Å². The fourth-order valence-electron chi connectivity index (χ4n) is 6.49. The minimum Gasteiger partial charge on any atom is -0.347 e. The number of hydrogen-bond acceptors (Lipinski definition) is 4. The first-order valence-corrected chi connectivity index (χ1v) is 12.0. The molecule has 4 bridgehead atoms. The summed E-state index contributed by atoms with van der Waals surface area (Å²) >= 11 is 1.67. The van der Waals surface area contributed by atoms with Gasteiger partial charge in [0.15, 0.2) is 0 Å². The van der Waals surface area contributed by atoms with Crippen LogP contribution in [-0.2, 0) is 18.3 Å². The molecule has 1 amide bonds. The van der Waals surface area contributed by atoms with Crippen LogP contribution in [0.15, 0.2) is 35.7 Å². The maximum atomic E-state index is 13.5. The number of fused-ring (bicyclic) bond motifs is 2. The van der Waals surface area contributed by atoms with Gasteiger partial charge in [-0.05, 0) is 47.8 Å². The van der Waals surface area contributed by atoms with Crippen molar-refractivity contribution in [1.82, 2.24) is 15.1 Å². The van der Waals surface area contributed by atoms with E-state index in [1.807, 2.05) is 0 Å². The maximum absolute atomic E-state index is 13.5. The lowest BCUT2D eigenvalue weighted by molar-refractivity contribution is 0.0181. The number of benzene rings is 1. The van der Waals surface area contributed by atoms with Crippen LogP contribution >= 0.6 is 11.3 Å². The third-order valence-electron chi connectivity index (χ3n) is 7.74. The molecule has 29 heavy (non-hydrogen) atoms. The Labute approximate surface area is 176 Å². The van der Waals surface area contributed by atoms with Crippen LogP contribution in [-0.4, -0.2) is 61.0 Å². The molecule has 4 fully saturated rings. The monoisotopic (exact) mass is 407 g/mol. The number of aryl methyl sites for hydroxylation is 1. The van der Waals surface area contributed by atoms with Gasteiger partial charge < -0.3 is 15.1 Å². The van der Waals surface area contributed by atoms with Crippen molar-refractivity contribution in [1.29, 1.82) is 0 Å². The van der Waals surface area contributed by atoms with Gasteiger partial charge in [0, 0.05) is 56.6 Å². The Hall–Kier alpha value is -1.69. The number of thiophene rings is 1. The molecule has 1 N–H and O–H groups in total. The maximum Gasteiger partial charge on any atom is 0.261 e. The highest BCUT2D eigenvalue weighted by molar-refractivity contribution is 7.12. The lowest BCUT2D eigenvalue weighted by Crippen LogP contribution is -2.70. The predicted molar refractivity (Wildman–Crippen MR) is 117 cm³/mol. The molecule has 4 aliphatic heterocycles. The van der Waals surface area contributed by atoms with Gasteiger partial charge in [0.1, 0.15) is 0 Å². The number of amides is 1. The van der Waals surface area contributed by atoms with Gasteiger partial charge in [-0.15, -0.1) is 11.3 Å². The number of rotatable bonds is 3. The van der Waals surface area contributed by atoms with E-state index in [4.69, 9.17) is 0 Å². The van der Waals surface area contributed by atoms with Gasteiger partial charge in [0.2, 0.25) is 0 Å². The standard InChI is InChI=1S/C24H29N3OS/c28-23(21-20-9-5-4-6-17(20)14-29-21)25-22-18-12-26-10-11-27(13-18)16-24(22,15-26)19-7-2-1-3-8-19/h1-3,7-8,14,18,22H,4-6,9-13,15-16H2,(H,25,28)/t18?,22-,24?/m0/s1. The van der Waals surface area contributed by atoms with Crippen LogP contribution in [0.3, 0.4) is 0 Å². The van der Waals surface area contributed by atoms with Crippen LogP contribution in [0.1, 0.15) is 39.2 Å². The van der Waals surface area contributed by atoms with E-state index in [1.54, 1.807) is 11.3 Å². The van der Waals surface area contributed by atoms with Crippen LogP contribution in [0.4, 0.5) is 0 Å². The Bertz CT molecular complexity index is 907. The third kappa shape index (κ3) is 2.89. The predicted octanol–water partition coefficient (Wildman–Crippen LogP) is 2.92. The first-order chi connectivity index (χ1) is 14.2. The largest absolute Gasteiger partial charge is 0.347 e. The number of nitrogens with one attached hydrogen (secondary N) is 1. The van der Waals surface area contributed by atoms with Crippen molar-refractivity contribution in [2.24, 2.45) is 5.92 Å². The van der Waals surface area contributed by atoms with E-state index in [0.717, 1.165) is 57.0 Å². The van der Waals surface area contributed by atoms with Crippen LogP contribution < -0.4 is 5.32 Å². The van der Waals surface area contributed by atoms with E-state index in [-0.39, 0.29) is 17.4 Å². The number of hydrogen-bond donors (Lipinski definition) is 1. The third-order valence-corrected chi connectivity index (χ3v) is 8.81. The van der Waals surface area contributed by atoms with Gasteiger partial charge in [-0.2, -0.15) is 0 Å². The van der Waals surface area contributed by atoms with Gasteiger partial charge >= 0.3 is 0 Å². The molecule has 5 aliphatic rings. The molecule has 3 atom stereocenters. The molecule has 152 valence electrons. The van der Waals surface area contributed by atoms with Crippen molar-refractivity contribution in [2.75, 3.05) is 39.3 Å². The first kappa shape index (κ1) is 18.1. The van der Waals surface area contributed by atoms with E-state index in [2.05, 4.69) is 50.8 Å². The van der Waals surface area contributed by atoms with Crippen molar-refractivity contribution in [3.63, 3.8) is 0 Å². The lowest BCUT2D eigenvalue weighted by atomic mass is 9.64. The fourth-order valence-corrected chi connectivity index (χ4v) is 7.55. The average molecular weight is 408 g/mol. The Morgan fingerprint density at radius 1 is 1.03 bits per heavy atom. The highest BCUT2D eigenvalue weighted by atomic mass is 32.1. The minimum atomic E-state index is -0.00803. The Kier molecular flexibility index (Phi) is 4.33. The zero-order valence-corrected chi connectivity index (χ0v) is 17.7. The van der Waals surface area contributed by atoms with E-state index < -0.39 is 0 Å². The van der Waals surface area contributed by atoms with Crippen LogP contribution in [0.5, 0.6) is 0 Å². The van der Waals surface area contributed by atoms with Crippen molar-refractivity contribution in [2.45, 2.75) is 37.1 Å². The number of nitrogens with zero attached hydrogens (tertiary/aromatic N) is 2. The second-order valence-electron chi connectivity index (χ2n) is 9.48. The summed E-state index contributed by atoms with van der Waals surface area (Å²) < 4.78 is 0. The summed E-state index contributed by atoms with van der Waals surface area (Å²) in [6.07, 6.45) is 4.69. The zero-order chi connectivity index (χ0) is 19.4. The molecule has 5 heteroatoms. The second-order valence-corrected chi connectivity index (χ2v) is 10.4. The summed E-state index contributed by atoms with van der Waals surface area (Å²) in [6.45, 7) is 6.64. The molecule has 0 saturated carbocycles. The quantitative estimate of drug-likeness (QED) is 0.850. The Morgan fingerprint density at radius 2 is 1.76 bits per heavy atom. The molecule has 1 aromatic heterocycles. The summed E-state index contributed by atoms with van der Waals surface area (Å²) in [5, 5.41) is 5.83. The molecule has 0 radical (unpaired) electrons.